The van der Waals surface area contributed by atoms with E-state index in [-0.39, 0.29) is 16.9 Å². The number of carbonyl (C=O) groups is 1. The van der Waals surface area contributed by atoms with Crippen molar-refractivity contribution in [2.45, 2.75) is 33.1 Å². The molecule has 0 aliphatic rings. The van der Waals surface area contributed by atoms with E-state index in [1.54, 1.807) is 18.2 Å². The van der Waals surface area contributed by atoms with Gasteiger partial charge in [0.15, 0.2) is 0 Å². The molecular weight excluding hydrogens is 312 g/mol. The van der Waals surface area contributed by atoms with E-state index in [2.05, 4.69) is 31.1 Å². The molecule has 25 heavy (non-hydrogen) atoms. The minimum absolute atomic E-state index is 0.139. The quantitative estimate of drug-likeness (QED) is 0.730. The maximum atomic E-state index is 12.4. The first-order valence-electron chi connectivity index (χ1n) is 8.29. The van der Waals surface area contributed by atoms with Crippen molar-refractivity contribution in [2.75, 3.05) is 5.32 Å². The topological polar surface area (TPSA) is 62.0 Å². The molecule has 0 aliphatic carbocycles. The van der Waals surface area contributed by atoms with Gasteiger partial charge in [-0.1, -0.05) is 44.5 Å². The van der Waals surface area contributed by atoms with E-state index in [9.17, 15) is 9.59 Å². The number of benzene rings is 2. The number of amides is 1. The Hall–Kier alpha value is -2.88. The molecule has 2 N–H and O–H groups in total. The lowest BCUT2D eigenvalue weighted by molar-refractivity contribution is 0.102. The summed E-state index contributed by atoms with van der Waals surface area (Å²) in [6.07, 6.45) is 0. The van der Waals surface area contributed by atoms with Gasteiger partial charge in [0, 0.05) is 22.7 Å². The van der Waals surface area contributed by atoms with Gasteiger partial charge in [-0.3, -0.25) is 9.59 Å². The molecule has 0 saturated carbocycles. The van der Waals surface area contributed by atoms with Gasteiger partial charge in [-0.2, -0.15) is 0 Å². The van der Waals surface area contributed by atoms with Gasteiger partial charge in [0.1, 0.15) is 0 Å². The molecule has 128 valence electrons. The fraction of sp³-hybridized carbons (Fsp3) is 0.238. The number of H-pyrrole nitrogens is 1. The number of hydrogen-bond acceptors (Lipinski definition) is 2. The zero-order chi connectivity index (χ0) is 18.2. The van der Waals surface area contributed by atoms with Crippen LogP contribution >= 0.6 is 0 Å². The highest BCUT2D eigenvalue weighted by Gasteiger charge is 2.18. The van der Waals surface area contributed by atoms with Gasteiger partial charge < -0.3 is 10.3 Å². The summed E-state index contributed by atoms with van der Waals surface area (Å²) in [6.45, 7) is 8.18. The molecule has 2 aromatic carbocycles. The van der Waals surface area contributed by atoms with Gasteiger partial charge >= 0.3 is 0 Å². The van der Waals surface area contributed by atoms with Crippen LogP contribution in [0, 0.1) is 6.92 Å². The highest BCUT2D eigenvalue weighted by atomic mass is 16.1. The van der Waals surface area contributed by atoms with Crippen molar-refractivity contribution in [3.05, 3.63) is 75.6 Å². The van der Waals surface area contributed by atoms with Crippen molar-refractivity contribution in [2.24, 2.45) is 0 Å². The molecule has 1 amide bonds. The average molecular weight is 334 g/mol. The zero-order valence-electron chi connectivity index (χ0n) is 14.9. The number of aromatic amines is 1. The number of nitrogens with one attached hydrogen (secondary N) is 2. The second kappa shape index (κ2) is 6.20. The van der Waals surface area contributed by atoms with Gasteiger partial charge in [0.25, 0.3) is 5.91 Å². The van der Waals surface area contributed by atoms with Crippen LogP contribution in [-0.2, 0) is 5.41 Å². The fourth-order valence-electron chi connectivity index (χ4n) is 2.95. The van der Waals surface area contributed by atoms with Crippen LogP contribution in [-0.4, -0.2) is 10.9 Å². The zero-order valence-corrected chi connectivity index (χ0v) is 14.9. The van der Waals surface area contributed by atoms with Crippen molar-refractivity contribution in [3.8, 4) is 0 Å². The molecule has 4 nitrogen and oxygen atoms in total. The monoisotopic (exact) mass is 334 g/mol. The standard InChI is InChI=1S/C21H22N2O2/c1-13-6-5-7-14(10-13)20(25)22-15-8-9-16-17(21(2,3)4)12-19(24)23-18(16)11-15/h5-12H,1-4H3,(H,22,25)(H,23,24). The molecule has 0 aliphatic heterocycles. The summed E-state index contributed by atoms with van der Waals surface area (Å²) in [5, 5.41) is 3.88. The van der Waals surface area contributed by atoms with E-state index in [4.69, 9.17) is 0 Å². The average Bonchev–Trinajstić information content (AvgIpc) is 2.52. The van der Waals surface area contributed by atoms with Crippen LogP contribution in [0.4, 0.5) is 5.69 Å². The highest BCUT2D eigenvalue weighted by Crippen LogP contribution is 2.29. The Kier molecular flexibility index (Phi) is 4.21. The fourth-order valence-corrected chi connectivity index (χ4v) is 2.95. The summed E-state index contributed by atoms with van der Waals surface area (Å²) >= 11 is 0. The Balaban J connectivity index is 1.99. The molecule has 3 rings (SSSR count). The van der Waals surface area contributed by atoms with Crippen LogP contribution < -0.4 is 10.9 Å². The van der Waals surface area contributed by atoms with Gasteiger partial charge in [-0.25, -0.2) is 0 Å². The van der Waals surface area contributed by atoms with Gasteiger partial charge in [0.05, 0.1) is 5.52 Å². The lowest BCUT2D eigenvalue weighted by atomic mass is 9.85. The van der Waals surface area contributed by atoms with Crippen LogP contribution in [0.3, 0.4) is 0 Å². The third-order valence-electron chi connectivity index (χ3n) is 4.19. The number of aromatic nitrogens is 1. The molecular formula is C21H22N2O2. The number of pyridine rings is 1. The van der Waals surface area contributed by atoms with Crippen molar-refractivity contribution in [3.63, 3.8) is 0 Å². The Morgan fingerprint density at radius 3 is 2.48 bits per heavy atom. The number of aryl methyl sites for hydroxylation is 1. The minimum Gasteiger partial charge on any atom is -0.322 e. The van der Waals surface area contributed by atoms with Gasteiger partial charge in [-0.15, -0.1) is 0 Å². The largest absolute Gasteiger partial charge is 0.322 e. The molecule has 0 spiro atoms. The maximum absolute atomic E-state index is 12.4. The normalized spacial score (nSPS) is 11.5. The van der Waals surface area contributed by atoms with Crippen LogP contribution in [0.2, 0.25) is 0 Å². The first kappa shape index (κ1) is 17.0. The minimum atomic E-state index is -0.169. The first-order valence-corrected chi connectivity index (χ1v) is 8.29. The highest BCUT2D eigenvalue weighted by molar-refractivity contribution is 6.05. The van der Waals surface area contributed by atoms with E-state index in [0.717, 1.165) is 22.0 Å². The maximum Gasteiger partial charge on any atom is 0.255 e. The number of fused-ring (bicyclic) bond motifs is 1. The predicted molar refractivity (Wildman–Crippen MR) is 102 cm³/mol. The smallest absolute Gasteiger partial charge is 0.255 e. The van der Waals surface area contributed by atoms with Gasteiger partial charge in [-0.05, 0) is 42.2 Å². The van der Waals surface area contributed by atoms with E-state index in [0.29, 0.717) is 11.3 Å². The molecule has 0 unspecified atom stereocenters. The van der Waals surface area contributed by atoms with Gasteiger partial charge in [0.2, 0.25) is 5.56 Å². The lowest BCUT2D eigenvalue weighted by Crippen LogP contribution is -2.17. The molecule has 1 aromatic heterocycles. The van der Waals surface area contributed by atoms with Crippen LogP contribution in [0.15, 0.2) is 53.3 Å². The van der Waals surface area contributed by atoms with Crippen molar-refractivity contribution >= 4 is 22.5 Å². The van der Waals surface area contributed by atoms with E-state index >= 15 is 0 Å². The first-order chi connectivity index (χ1) is 11.7. The molecule has 4 heteroatoms. The molecule has 3 aromatic rings. The molecule has 1 heterocycles. The summed E-state index contributed by atoms with van der Waals surface area (Å²) in [4.78, 5) is 27.3. The van der Waals surface area contributed by atoms with Crippen molar-refractivity contribution < 1.29 is 4.79 Å². The Morgan fingerprint density at radius 1 is 1.04 bits per heavy atom. The van der Waals surface area contributed by atoms with E-state index in [1.807, 2.05) is 37.3 Å². The van der Waals surface area contributed by atoms with Crippen LogP contribution in [0.1, 0.15) is 42.3 Å². The number of carbonyl (C=O) groups excluding carboxylic acids is 1. The number of hydrogen-bond donors (Lipinski definition) is 2. The summed E-state index contributed by atoms with van der Waals surface area (Å²) in [7, 11) is 0. The molecule has 0 atom stereocenters. The van der Waals surface area contributed by atoms with Crippen molar-refractivity contribution in [1.82, 2.24) is 4.98 Å². The third kappa shape index (κ3) is 3.63. The number of rotatable bonds is 2. The molecule has 0 bridgehead atoms. The third-order valence-corrected chi connectivity index (χ3v) is 4.19. The predicted octanol–water partition coefficient (Wildman–Crippen LogP) is 4.39. The lowest BCUT2D eigenvalue weighted by Gasteiger charge is -2.21. The van der Waals surface area contributed by atoms with E-state index in [1.165, 1.54) is 0 Å². The summed E-state index contributed by atoms with van der Waals surface area (Å²) in [5.41, 5.74) is 3.73. The number of anilines is 1. The summed E-state index contributed by atoms with van der Waals surface area (Å²) in [5.74, 6) is -0.169. The Labute approximate surface area is 146 Å². The summed E-state index contributed by atoms with van der Waals surface area (Å²) < 4.78 is 0. The Morgan fingerprint density at radius 2 is 1.80 bits per heavy atom. The summed E-state index contributed by atoms with van der Waals surface area (Å²) in [6, 6.07) is 14.7. The van der Waals surface area contributed by atoms with Crippen LogP contribution in [0.5, 0.6) is 0 Å². The van der Waals surface area contributed by atoms with Crippen molar-refractivity contribution in [1.29, 1.82) is 0 Å². The second-order valence-electron chi connectivity index (χ2n) is 7.38. The Bertz CT molecular complexity index is 1010. The van der Waals surface area contributed by atoms with Crippen LogP contribution in [0.25, 0.3) is 10.9 Å². The molecule has 0 radical (unpaired) electrons. The molecule has 0 saturated heterocycles. The SMILES string of the molecule is Cc1cccc(C(=O)Nc2ccc3c(C(C)(C)C)cc(=O)[nH]c3c2)c1. The van der Waals surface area contributed by atoms with E-state index < -0.39 is 0 Å². The molecule has 0 fully saturated rings. The second-order valence-corrected chi connectivity index (χ2v) is 7.38.